The predicted molar refractivity (Wildman–Crippen MR) is 126 cm³/mol. The molecule has 33 heavy (non-hydrogen) atoms. The number of rotatable bonds is 7. The molecule has 2 heterocycles. The fraction of sp³-hybridized carbons (Fsp3) is 0.333. The van der Waals surface area contributed by atoms with E-state index in [4.69, 9.17) is 44.2 Å². The van der Waals surface area contributed by atoms with Gasteiger partial charge in [0.25, 0.3) is 0 Å². The Bertz CT molecular complexity index is 1150. The van der Waals surface area contributed by atoms with Crippen molar-refractivity contribution in [3.05, 3.63) is 45.8 Å². The van der Waals surface area contributed by atoms with E-state index in [2.05, 4.69) is 27.0 Å². The SMILES string of the molecule is C=C(COc1cc(-c2nc(N)nc3c2CN(C(=O)NC2CC2)C3)c(Cl)cc1Cl)O/N=C(/C)N. The Labute approximate surface area is 200 Å². The summed E-state index contributed by atoms with van der Waals surface area (Å²) >= 11 is 12.8. The number of amidine groups is 1. The van der Waals surface area contributed by atoms with Gasteiger partial charge in [-0.1, -0.05) is 34.9 Å². The fourth-order valence-electron chi connectivity index (χ4n) is 3.28. The van der Waals surface area contributed by atoms with E-state index in [9.17, 15) is 4.79 Å². The van der Waals surface area contributed by atoms with E-state index in [-0.39, 0.29) is 36.2 Å². The van der Waals surface area contributed by atoms with Crippen molar-refractivity contribution >= 4 is 41.0 Å². The van der Waals surface area contributed by atoms with Crippen LogP contribution < -0.4 is 21.5 Å². The first-order chi connectivity index (χ1) is 15.7. The first-order valence-electron chi connectivity index (χ1n) is 10.2. The number of fused-ring (bicyclic) bond motifs is 1. The van der Waals surface area contributed by atoms with Crippen molar-refractivity contribution in [1.82, 2.24) is 20.2 Å². The molecule has 12 heteroatoms. The van der Waals surface area contributed by atoms with E-state index >= 15 is 0 Å². The van der Waals surface area contributed by atoms with Gasteiger partial charge in [0.2, 0.25) is 5.95 Å². The summed E-state index contributed by atoms with van der Waals surface area (Å²) in [7, 11) is 0. The second kappa shape index (κ2) is 9.32. The highest BCUT2D eigenvalue weighted by molar-refractivity contribution is 6.37. The Balaban J connectivity index is 1.59. The molecule has 1 aliphatic carbocycles. The molecule has 1 aliphatic heterocycles. The minimum absolute atomic E-state index is 0.0172. The summed E-state index contributed by atoms with van der Waals surface area (Å²) in [6.07, 6.45) is 2.01. The second-order valence-corrected chi connectivity index (χ2v) is 8.66. The maximum Gasteiger partial charge on any atom is 0.318 e. The lowest BCUT2D eigenvalue weighted by Gasteiger charge is -2.16. The van der Waals surface area contributed by atoms with Crippen LogP contribution in [0.3, 0.4) is 0 Å². The molecule has 1 fully saturated rings. The van der Waals surface area contributed by atoms with Gasteiger partial charge in [-0.25, -0.2) is 14.8 Å². The lowest BCUT2D eigenvalue weighted by Crippen LogP contribution is -2.37. The molecular weight excluding hydrogens is 469 g/mol. The number of nitrogens with zero attached hydrogens (tertiary/aromatic N) is 4. The number of urea groups is 1. The number of benzene rings is 1. The van der Waals surface area contributed by atoms with Gasteiger partial charge >= 0.3 is 6.03 Å². The molecule has 5 N–H and O–H groups in total. The standard InChI is InChI=1S/C21H23Cl2N7O3/c1-10(33-29-11(2)24)9-32-18-5-13(15(22)6-16(18)23)19-14-7-30(21(31)26-12-3-4-12)8-17(14)27-20(25)28-19/h5-6,12H,1,3-4,7-9H2,2H3,(H2,24,29)(H,26,31)(H2,25,27,28). The number of carbonyl (C=O) groups excluding carboxylic acids is 1. The Kier molecular flexibility index (Phi) is 6.48. The topological polar surface area (TPSA) is 141 Å². The number of carbonyl (C=O) groups is 1. The zero-order valence-electron chi connectivity index (χ0n) is 17.9. The third kappa shape index (κ3) is 5.40. The normalized spacial score (nSPS) is 15.2. The van der Waals surface area contributed by atoms with E-state index in [1.54, 1.807) is 24.0 Å². The van der Waals surface area contributed by atoms with Gasteiger partial charge in [-0.15, -0.1) is 0 Å². The molecule has 1 aromatic heterocycles. The lowest BCUT2D eigenvalue weighted by atomic mass is 10.1. The summed E-state index contributed by atoms with van der Waals surface area (Å²) in [6, 6.07) is 3.32. The van der Waals surface area contributed by atoms with Gasteiger partial charge < -0.3 is 31.3 Å². The number of amides is 2. The summed E-state index contributed by atoms with van der Waals surface area (Å²) in [5, 5.41) is 7.25. The first-order valence-corrected chi connectivity index (χ1v) is 10.9. The fourth-order valence-corrected chi connectivity index (χ4v) is 3.80. The molecule has 10 nitrogen and oxygen atoms in total. The Morgan fingerprint density at radius 3 is 2.76 bits per heavy atom. The number of nitrogen functional groups attached to an aromatic ring is 1. The molecule has 0 bridgehead atoms. The number of nitrogens with one attached hydrogen (secondary N) is 1. The quantitative estimate of drug-likeness (QED) is 0.233. The molecule has 2 amide bonds. The largest absolute Gasteiger partial charge is 0.484 e. The van der Waals surface area contributed by atoms with Crippen LogP contribution in [0.4, 0.5) is 10.7 Å². The Morgan fingerprint density at radius 2 is 2.06 bits per heavy atom. The van der Waals surface area contributed by atoms with Gasteiger partial charge in [0, 0.05) is 17.2 Å². The van der Waals surface area contributed by atoms with Crippen LogP contribution in [0.25, 0.3) is 11.3 Å². The minimum Gasteiger partial charge on any atom is -0.484 e. The van der Waals surface area contributed by atoms with E-state index in [1.807, 2.05) is 0 Å². The third-order valence-corrected chi connectivity index (χ3v) is 5.58. The van der Waals surface area contributed by atoms with Crippen LogP contribution >= 0.6 is 23.2 Å². The molecule has 2 aromatic rings. The van der Waals surface area contributed by atoms with Crippen LogP contribution in [-0.4, -0.2) is 39.4 Å². The van der Waals surface area contributed by atoms with Gasteiger partial charge in [-0.05, 0) is 31.9 Å². The molecule has 0 saturated heterocycles. The highest BCUT2D eigenvalue weighted by atomic mass is 35.5. The Hall–Kier alpha value is -3.24. The smallest absolute Gasteiger partial charge is 0.318 e. The number of ether oxygens (including phenoxy) is 1. The number of oxime groups is 1. The van der Waals surface area contributed by atoms with Crippen molar-refractivity contribution in [3.8, 4) is 17.0 Å². The Morgan fingerprint density at radius 1 is 1.30 bits per heavy atom. The van der Waals surface area contributed by atoms with Gasteiger partial charge in [0.05, 0.1) is 34.5 Å². The van der Waals surface area contributed by atoms with Crippen molar-refractivity contribution in [2.24, 2.45) is 10.9 Å². The second-order valence-electron chi connectivity index (χ2n) is 7.85. The maximum atomic E-state index is 12.5. The van der Waals surface area contributed by atoms with Gasteiger partial charge in [-0.2, -0.15) is 0 Å². The molecule has 1 aromatic carbocycles. The number of hydrogen-bond acceptors (Lipinski definition) is 7. The van der Waals surface area contributed by atoms with Crippen LogP contribution in [0.1, 0.15) is 31.0 Å². The molecule has 0 atom stereocenters. The summed E-state index contributed by atoms with van der Waals surface area (Å²) < 4.78 is 5.73. The number of anilines is 1. The molecule has 174 valence electrons. The average Bonchev–Trinajstić information content (AvgIpc) is 3.46. The van der Waals surface area contributed by atoms with E-state index in [1.165, 1.54) is 0 Å². The molecule has 0 radical (unpaired) electrons. The summed E-state index contributed by atoms with van der Waals surface area (Å²) in [4.78, 5) is 28.0. The number of aromatic nitrogens is 2. The summed E-state index contributed by atoms with van der Waals surface area (Å²) in [6.45, 7) is 5.95. The van der Waals surface area contributed by atoms with Gasteiger partial charge in [0.15, 0.2) is 5.76 Å². The minimum atomic E-state index is -0.139. The third-order valence-electron chi connectivity index (χ3n) is 4.98. The highest BCUT2D eigenvalue weighted by Gasteiger charge is 2.32. The molecule has 2 aliphatic rings. The van der Waals surface area contributed by atoms with Gasteiger partial charge in [0.1, 0.15) is 18.2 Å². The van der Waals surface area contributed by atoms with Crippen molar-refractivity contribution in [2.75, 3.05) is 12.3 Å². The van der Waals surface area contributed by atoms with Crippen LogP contribution in [0.2, 0.25) is 10.0 Å². The van der Waals surface area contributed by atoms with Crippen molar-refractivity contribution < 1.29 is 14.4 Å². The molecule has 1 saturated carbocycles. The van der Waals surface area contributed by atoms with E-state index in [0.29, 0.717) is 45.8 Å². The van der Waals surface area contributed by atoms with Crippen molar-refractivity contribution in [2.45, 2.75) is 38.9 Å². The highest BCUT2D eigenvalue weighted by Crippen LogP contribution is 2.40. The van der Waals surface area contributed by atoms with E-state index < -0.39 is 0 Å². The summed E-state index contributed by atoms with van der Waals surface area (Å²) in [5.41, 5.74) is 13.9. The van der Waals surface area contributed by atoms with E-state index in [0.717, 1.165) is 18.4 Å². The molecular formula is C21H23Cl2N7O3. The zero-order chi connectivity index (χ0) is 23.7. The number of halogens is 2. The first kappa shape index (κ1) is 22.9. The predicted octanol–water partition coefficient (Wildman–Crippen LogP) is 3.42. The monoisotopic (exact) mass is 491 g/mol. The molecule has 0 spiro atoms. The van der Waals surface area contributed by atoms with Crippen LogP contribution in [0.5, 0.6) is 5.75 Å². The lowest BCUT2D eigenvalue weighted by molar-refractivity contribution is 0.179. The van der Waals surface area contributed by atoms with Crippen molar-refractivity contribution in [1.29, 1.82) is 0 Å². The number of nitrogens with two attached hydrogens (primary N) is 2. The molecule has 4 rings (SSSR count). The average molecular weight is 492 g/mol. The van der Waals surface area contributed by atoms with Crippen molar-refractivity contribution in [3.63, 3.8) is 0 Å². The van der Waals surface area contributed by atoms with Crippen LogP contribution in [0, 0.1) is 0 Å². The van der Waals surface area contributed by atoms with Crippen LogP contribution in [-0.2, 0) is 17.9 Å². The maximum absolute atomic E-state index is 12.5. The molecule has 0 unspecified atom stereocenters. The summed E-state index contributed by atoms with van der Waals surface area (Å²) in [5.74, 6) is 0.898. The number of hydrogen-bond donors (Lipinski definition) is 3. The van der Waals surface area contributed by atoms with Gasteiger partial charge in [-0.3, -0.25) is 0 Å². The van der Waals surface area contributed by atoms with Crippen LogP contribution in [0.15, 0.2) is 29.6 Å². The zero-order valence-corrected chi connectivity index (χ0v) is 19.4.